The Hall–Kier alpha value is -3.22. The molecule has 1 aliphatic rings. The molecule has 2 amide bonds. The van der Waals surface area contributed by atoms with Crippen LogP contribution < -0.4 is 14.8 Å². The Morgan fingerprint density at radius 3 is 2.35 bits per heavy atom. The van der Waals surface area contributed by atoms with Crippen molar-refractivity contribution in [1.82, 2.24) is 15.1 Å². The van der Waals surface area contributed by atoms with Crippen LogP contribution in [0.5, 0.6) is 11.5 Å². The Morgan fingerprint density at radius 1 is 1.00 bits per heavy atom. The minimum Gasteiger partial charge on any atom is -0.497 e. The number of methoxy groups -OCH3 is 3. The number of rotatable bonds is 9. The number of aliphatic hydroxyl groups excluding tert-OH is 2. The van der Waals surface area contributed by atoms with Crippen molar-refractivity contribution in [3.05, 3.63) is 59.7 Å². The van der Waals surface area contributed by atoms with Crippen LogP contribution in [0.25, 0.3) is 0 Å². The van der Waals surface area contributed by atoms with Crippen LogP contribution in [0.4, 0.5) is 0 Å². The van der Waals surface area contributed by atoms with Gasteiger partial charge in [-0.15, -0.1) is 0 Å². The molecule has 11 nitrogen and oxygen atoms in total. The number of hydrogen-bond donors (Lipinski definition) is 3. The van der Waals surface area contributed by atoms with E-state index in [1.54, 1.807) is 19.1 Å². The predicted molar refractivity (Wildman–Crippen MR) is 176 cm³/mol. The number of amides is 2. The molecule has 1 fully saturated rings. The van der Waals surface area contributed by atoms with E-state index in [4.69, 9.17) is 18.9 Å². The van der Waals surface area contributed by atoms with Crippen molar-refractivity contribution in [3.8, 4) is 11.5 Å². The highest BCUT2D eigenvalue weighted by Crippen LogP contribution is 2.36. The maximum absolute atomic E-state index is 14.2. The summed E-state index contributed by atoms with van der Waals surface area (Å²) in [5.41, 5.74) is 1.94. The zero-order chi connectivity index (χ0) is 33.6. The molecule has 1 aliphatic heterocycles. The van der Waals surface area contributed by atoms with E-state index in [0.29, 0.717) is 44.8 Å². The topological polar surface area (TPSA) is 130 Å². The van der Waals surface area contributed by atoms with Crippen LogP contribution in [0.15, 0.2) is 48.5 Å². The lowest BCUT2D eigenvalue weighted by molar-refractivity contribution is -0.139. The molecule has 3 rings (SSSR count). The van der Waals surface area contributed by atoms with Crippen molar-refractivity contribution >= 4 is 11.8 Å². The quantitative estimate of drug-likeness (QED) is 0.378. The van der Waals surface area contributed by atoms with Crippen LogP contribution in [-0.2, 0) is 25.6 Å². The van der Waals surface area contributed by atoms with Gasteiger partial charge in [-0.3, -0.25) is 9.59 Å². The van der Waals surface area contributed by atoms with E-state index < -0.39 is 24.4 Å². The summed E-state index contributed by atoms with van der Waals surface area (Å²) in [5, 5.41) is 24.8. The Labute approximate surface area is 273 Å². The number of carbonyl (C=O) groups excluding carboxylic acids is 2. The molecule has 0 spiro atoms. The number of ether oxygens (including phenoxy) is 4. The molecule has 256 valence electrons. The first-order valence-electron chi connectivity index (χ1n) is 16.1. The molecule has 46 heavy (non-hydrogen) atoms. The van der Waals surface area contributed by atoms with Crippen LogP contribution in [0, 0.1) is 11.8 Å². The number of benzene rings is 2. The Balaban J connectivity index is 2.02. The third-order valence-electron chi connectivity index (χ3n) is 8.70. The van der Waals surface area contributed by atoms with Crippen LogP contribution in [0.2, 0.25) is 0 Å². The summed E-state index contributed by atoms with van der Waals surface area (Å²) < 4.78 is 22.1. The van der Waals surface area contributed by atoms with Gasteiger partial charge >= 0.3 is 0 Å². The Kier molecular flexibility index (Phi) is 15.2. The second kappa shape index (κ2) is 18.8. The van der Waals surface area contributed by atoms with Gasteiger partial charge in [0, 0.05) is 52.7 Å². The molecule has 0 saturated carbocycles. The monoisotopic (exact) mass is 643 g/mol. The number of aliphatic hydroxyl groups is 2. The summed E-state index contributed by atoms with van der Waals surface area (Å²) in [4.78, 5) is 30.8. The lowest BCUT2D eigenvalue weighted by atomic mass is 9.82. The van der Waals surface area contributed by atoms with Gasteiger partial charge in [-0.05, 0) is 54.2 Å². The number of nitrogens with zero attached hydrogens (tertiary/aromatic N) is 2. The lowest BCUT2D eigenvalue weighted by Crippen LogP contribution is -2.51. The van der Waals surface area contributed by atoms with Crippen LogP contribution in [0.3, 0.4) is 0 Å². The molecular formula is C35H53N3O8. The van der Waals surface area contributed by atoms with Gasteiger partial charge < -0.3 is 44.3 Å². The molecule has 0 aliphatic carbocycles. The summed E-state index contributed by atoms with van der Waals surface area (Å²) in [5.74, 6) is 1.05. The highest BCUT2D eigenvalue weighted by atomic mass is 16.5. The van der Waals surface area contributed by atoms with E-state index in [2.05, 4.69) is 19.2 Å². The SMILES string of the molecule is COc1ccc(CNCC(=O)N2CCCCOC[C@H](O)[C@H](O)[C@@H](OC)CN(C(C)=O)C[C@H](C(C)C)[C@H]2c2cccc(OC)c2)cc1. The van der Waals surface area contributed by atoms with Gasteiger partial charge in [0.15, 0.2) is 0 Å². The average Bonchev–Trinajstić information content (AvgIpc) is 3.06. The zero-order valence-corrected chi connectivity index (χ0v) is 28.2. The smallest absolute Gasteiger partial charge is 0.237 e. The fourth-order valence-corrected chi connectivity index (χ4v) is 5.90. The maximum atomic E-state index is 14.2. The largest absolute Gasteiger partial charge is 0.497 e. The zero-order valence-electron chi connectivity index (χ0n) is 28.2. The van der Waals surface area contributed by atoms with E-state index in [-0.39, 0.29) is 43.3 Å². The fraction of sp³-hybridized carbons (Fsp3) is 0.600. The highest BCUT2D eigenvalue weighted by molar-refractivity contribution is 5.79. The van der Waals surface area contributed by atoms with E-state index >= 15 is 0 Å². The van der Waals surface area contributed by atoms with E-state index in [1.807, 2.05) is 53.4 Å². The minimum absolute atomic E-state index is 0.0520. The van der Waals surface area contributed by atoms with Crippen molar-refractivity contribution < 1.29 is 38.7 Å². The van der Waals surface area contributed by atoms with Crippen molar-refractivity contribution in [2.24, 2.45) is 11.8 Å². The first-order valence-corrected chi connectivity index (χ1v) is 16.1. The Bertz CT molecular complexity index is 1210. The van der Waals surface area contributed by atoms with Gasteiger partial charge in [0.25, 0.3) is 0 Å². The number of nitrogens with one attached hydrogen (secondary N) is 1. The molecule has 0 aromatic heterocycles. The van der Waals surface area contributed by atoms with E-state index in [0.717, 1.165) is 16.9 Å². The molecule has 3 N–H and O–H groups in total. The fourth-order valence-electron chi connectivity index (χ4n) is 5.90. The van der Waals surface area contributed by atoms with Crippen LogP contribution in [-0.4, -0.2) is 111 Å². The normalized spacial score (nSPS) is 23.8. The molecule has 5 atom stereocenters. The van der Waals surface area contributed by atoms with E-state index in [9.17, 15) is 19.8 Å². The second-order valence-corrected chi connectivity index (χ2v) is 12.2. The standard InChI is InChI=1S/C35H53N3O8/c1-24(2)30-21-37(25(3)39)22-32(45-6)35(42)31(40)23-46-17-8-7-16-38(34(30)27-10-9-11-29(18-27)44-5)33(41)20-36-19-26-12-14-28(43-4)15-13-26/h9-15,18,24,30-32,34-36,40,42H,7-8,16-17,19-23H2,1-6H3/t30-,31+,32+,34-,35+/m1/s1. The van der Waals surface area contributed by atoms with E-state index in [1.165, 1.54) is 14.0 Å². The average molecular weight is 644 g/mol. The van der Waals surface area contributed by atoms with Gasteiger partial charge in [-0.2, -0.15) is 0 Å². The summed E-state index contributed by atoms with van der Waals surface area (Å²) >= 11 is 0. The summed E-state index contributed by atoms with van der Waals surface area (Å²) in [6.45, 7) is 7.41. The molecule has 1 saturated heterocycles. The first-order chi connectivity index (χ1) is 22.1. The second-order valence-electron chi connectivity index (χ2n) is 12.2. The van der Waals surface area contributed by atoms with Crippen molar-refractivity contribution in [1.29, 1.82) is 0 Å². The first kappa shape index (κ1) is 37.2. The van der Waals surface area contributed by atoms with Crippen LogP contribution >= 0.6 is 0 Å². The maximum Gasteiger partial charge on any atom is 0.237 e. The summed E-state index contributed by atoms with van der Waals surface area (Å²) in [6, 6.07) is 15.1. The predicted octanol–water partition coefficient (Wildman–Crippen LogP) is 3.03. The highest BCUT2D eigenvalue weighted by Gasteiger charge is 2.37. The molecule has 2 aromatic carbocycles. The van der Waals surface area contributed by atoms with Gasteiger partial charge in [-0.1, -0.05) is 38.1 Å². The summed E-state index contributed by atoms with van der Waals surface area (Å²) in [7, 11) is 4.69. The molecule has 0 radical (unpaired) electrons. The molecule has 11 heteroatoms. The van der Waals surface area contributed by atoms with Gasteiger partial charge in [0.1, 0.15) is 29.8 Å². The van der Waals surface area contributed by atoms with Gasteiger partial charge in [0.05, 0.1) is 33.4 Å². The molecule has 1 heterocycles. The molecule has 2 aromatic rings. The van der Waals surface area contributed by atoms with Crippen molar-refractivity contribution in [2.75, 3.05) is 60.7 Å². The van der Waals surface area contributed by atoms with Crippen molar-refractivity contribution in [2.45, 2.75) is 64.5 Å². The number of hydrogen-bond acceptors (Lipinski definition) is 9. The third-order valence-corrected chi connectivity index (χ3v) is 8.70. The molecular weight excluding hydrogens is 590 g/mol. The third kappa shape index (κ3) is 10.7. The van der Waals surface area contributed by atoms with Gasteiger partial charge in [-0.25, -0.2) is 0 Å². The van der Waals surface area contributed by atoms with Crippen molar-refractivity contribution in [3.63, 3.8) is 0 Å². The Morgan fingerprint density at radius 2 is 1.72 bits per heavy atom. The van der Waals surface area contributed by atoms with Crippen LogP contribution in [0.1, 0.15) is 50.8 Å². The minimum atomic E-state index is -1.25. The molecule has 0 unspecified atom stereocenters. The summed E-state index contributed by atoms with van der Waals surface area (Å²) in [6.07, 6.45) is -1.96. The molecule has 0 bridgehead atoms. The van der Waals surface area contributed by atoms with Gasteiger partial charge in [0.2, 0.25) is 11.8 Å². The lowest BCUT2D eigenvalue weighted by Gasteiger charge is -2.42. The number of carbonyl (C=O) groups is 2.